The van der Waals surface area contributed by atoms with Crippen LogP contribution in [0.5, 0.6) is 0 Å². The average Bonchev–Trinajstić information content (AvgIpc) is 3.10. The maximum Gasteiger partial charge on any atom is 0.223 e. The summed E-state index contributed by atoms with van der Waals surface area (Å²) in [6.45, 7) is 5.70. The van der Waals surface area contributed by atoms with Gasteiger partial charge in [-0.2, -0.15) is 0 Å². The van der Waals surface area contributed by atoms with E-state index in [1.165, 1.54) is 12.0 Å². The van der Waals surface area contributed by atoms with Crippen molar-refractivity contribution in [1.29, 1.82) is 0 Å². The monoisotopic (exact) mass is 342 g/mol. The standard InChI is InChI=1S/C19H26N4O2/c1-14(2)19-22-21-17(25-19)7-8-18(24)23-10-4-6-16(13-23)11-15-5-3-9-20-12-15/h3,5,9,12,14,16H,4,6-8,10-11,13H2,1-2H3. The minimum absolute atomic E-state index is 0.181. The third kappa shape index (κ3) is 4.87. The Hall–Kier alpha value is -2.24. The Morgan fingerprint density at radius 1 is 1.40 bits per heavy atom. The normalized spacial score (nSPS) is 17.9. The zero-order valence-electron chi connectivity index (χ0n) is 15.0. The zero-order valence-corrected chi connectivity index (χ0v) is 15.0. The molecule has 2 aromatic rings. The molecule has 0 saturated carbocycles. The molecule has 1 atom stereocenters. The van der Waals surface area contributed by atoms with Crippen molar-refractivity contribution in [2.24, 2.45) is 5.92 Å². The van der Waals surface area contributed by atoms with E-state index in [4.69, 9.17) is 4.42 Å². The Morgan fingerprint density at radius 3 is 3.00 bits per heavy atom. The Balaban J connectivity index is 1.49. The molecule has 3 heterocycles. The lowest BCUT2D eigenvalue weighted by Crippen LogP contribution is -2.40. The molecule has 1 fully saturated rings. The van der Waals surface area contributed by atoms with Crippen LogP contribution in [0.15, 0.2) is 28.9 Å². The number of hydrogen-bond acceptors (Lipinski definition) is 5. The van der Waals surface area contributed by atoms with Gasteiger partial charge in [0.05, 0.1) is 0 Å². The number of carbonyl (C=O) groups excluding carboxylic acids is 1. The number of aryl methyl sites for hydroxylation is 1. The van der Waals surface area contributed by atoms with Gasteiger partial charge in [0.1, 0.15) is 0 Å². The molecule has 2 aromatic heterocycles. The van der Waals surface area contributed by atoms with Crippen LogP contribution >= 0.6 is 0 Å². The van der Waals surface area contributed by atoms with Crippen LogP contribution in [-0.4, -0.2) is 39.1 Å². The van der Waals surface area contributed by atoms with Crippen molar-refractivity contribution < 1.29 is 9.21 Å². The van der Waals surface area contributed by atoms with E-state index in [0.717, 1.165) is 25.9 Å². The molecule has 6 nitrogen and oxygen atoms in total. The first kappa shape index (κ1) is 17.6. The quantitative estimate of drug-likeness (QED) is 0.807. The molecule has 134 valence electrons. The lowest BCUT2D eigenvalue weighted by Gasteiger charge is -2.33. The minimum atomic E-state index is 0.181. The highest BCUT2D eigenvalue weighted by atomic mass is 16.4. The van der Waals surface area contributed by atoms with Crippen molar-refractivity contribution in [3.05, 3.63) is 41.9 Å². The molecule has 1 unspecified atom stereocenters. The molecule has 1 saturated heterocycles. The van der Waals surface area contributed by atoms with Gasteiger partial charge in [0.25, 0.3) is 0 Å². The van der Waals surface area contributed by atoms with Gasteiger partial charge in [-0.15, -0.1) is 10.2 Å². The minimum Gasteiger partial charge on any atom is -0.425 e. The van der Waals surface area contributed by atoms with E-state index in [9.17, 15) is 4.79 Å². The fourth-order valence-corrected chi connectivity index (χ4v) is 3.28. The number of rotatable bonds is 6. The van der Waals surface area contributed by atoms with Gasteiger partial charge in [0.15, 0.2) is 0 Å². The van der Waals surface area contributed by atoms with Crippen molar-refractivity contribution in [1.82, 2.24) is 20.1 Å². The van der Waals surface area contributed by atoms with E-state index in [1.807, 2.05) is 31.0 Å². The van der Waals surface area contributed by atoms with Crippen LogP contribution < -0.4 is 0 Å². The van der Waals surface area contributed by atoms with Gasteiger partial charge in [-0.25, -0.2) is 0 Å². The topological polar surface area (TPSA) is 72.1 Å². The maximum absolute atomic E-state index is 12.5. The van der Waals surface area contributed by atoms with Crippen molar-refractivity contribution in [3.63, 3.8) is 0 Å². The van der Waals surface area contributed by atoms with Gasteiger partial charge in [-0.1, -0.05) is 19.9 Å². The summed E-state index contributed by atoms with van der Waals surface area (Å²) in [7, 11) is 0. The Morgan fingerprint density at radius 2 is 2.28 bits per heavy atom. The van der Waals surface area contributed by atoms with Crippen LogP contribution in [-0.2, 0) is 17.6 Å². The van der Waals surface area contributed by atoms with Crippen molar-refractivity contribution in [2.75, 3.05) is 13.1 Å². The SMILES string of the molecule is CC(C)c1nnc(CCC(=O)N2CCCC(Cc3cccnc3)C2)o1. The number of amides is 1. The smallest absolute Gasteiger partial charge is 0.223 e. The number of hydrogen-bond donors (Lipinski definition) is 0. The van der Waals surface area contributed by atoms with Gasteiger partial charge in [-0.3, -0.25) is 9.78 Å². The zero-order chi connectivity index (χ0) is 17.6. The third-order valence-corrected chi connectivity index (χ3v) is 4.65. The molecule has 0 aromatic carbocycles. The molecule has 0 aliphatic carbocycles. The Labute approximate surface area is 148 Å². The number of carbonyl (C=O) groups is 1. The van der Waals surface area contributed by atoms with E-state index < -0.39 is 0 Å². The van der Waals surface area contributed by atoms with Gasteiger partial charge < -0.3 is 9.32 Å². The Kier molecular flexibility index (Phi) is 5.79. The molecule has 1 aliphatic rings. The van der Waals surface area contributed by atoms with Crippen LogP contribution in [0.1, 0.15) is 56.4 Å². The second-order valence-electron chi connectivity index (χ2n) is 7.10. The van der Waals surface area contributed by atoms with Gasteiger partial charge >= 0.3 is 0 Å². The third-order valence-electron chi connectivity index (χ3n) is 4.65. The lowest BCUT2D eigenvalue weighted by atomic mass is 9.91. The summed E-state index contributed by atoms with van der Waals surface area (Å²) in [5.41, 5.74) is 1.24. The molecule has 1 aliphatic heterocycles. The van der Waals surface area contributed by atoms with Crippen LogP contribution in [0.25, 0.3) is 0 Å². The van der Waals surface area contributed by atoms with Crippen LogP contribution in [0.2, 0.25) is 0 Å². The summed E-state index contributed by atoms with van der Waals surface area (Å²) in [6, 6.07) is 4.08. The summed E-state index contributed by atoms with van der Waals surface area (Å²) in [5.74, 6) is 2.10. The fraction of sp³-hybridized carbons (Fsp3) is 0.579. The first-order valence-electron chi connectivity index (χ1n) is 9.10. The molecule has 0 radical (unpaired) electrons. The van der Waals surface area contributed by atoms with Crippen molar-refractivity contribution in [2.45, 2.75) is 51.9 Å². The predicted octanol–water partition coefficient (Wildman–Crippen LogP) is 3.00. The largest absolute Gasteiger partial charge is 0.425 e. The molecule has 0 spiro atoms. The predicted molar refractivity (Wildman–Crippen MR) is 94.0 cm³/mol. The maximum atomic E-state index is 12.5. The molecule has 6 heteroatoms. The van der Waals surface area contributed by atoms with Crippen LogP contribution in [0, 0.1) is 5.92 Å². The molecular formula is C19H26N4O2. The van der Waals surface area contributed by atoms with E-state index in [1.54, 1.807) is 6.20 Å². The molecule has 25 heavy (non-hydrogen) atoms. The molecule has 3 rings (SSSR count). The summed E-state index contributed by atoms with van der Waals surface area (Å²) >= 11 is 0. The number of pyridine rings is 1. The summed E-state index contributed by atoms with van der Waals surface area (Å²) in [6.07, 6.45) is 7.88. The summed E-state index contributed by atoms with van der Waals surface area (Å²) in [5, 5.41) is 8.05. The van der Waals surface area contributed by atoms with Gasteiger partial charge in [-0.05, 0) is 36.8 Å². The number of piperidine rings is 1. The second kappa shape index (κ2) is 8.23. The van der Waals surface area contributed by atoms with E-state index in [2.05, 4.69) is 21.2 Å². The number of aromatic nitrogens is 3. The number of nitrogens with zero attached hydrogens (tertiary/aromatic N) is 4. The van der Waals surface area contributed by atoms with E-state index in [-0.39, 0.29) is 11.8 Å². The second-order valence-corrected chi connectivity index (χ2v) is 7.10. The van der Waals surface area contributed by atoms with Crippen molar-refractivity contribution in [3.8, 4) is 0 Å². The van der Waals surface area contributed by atoms with Gasteiger partial charge in [0.2, 0.25) is 17.7 Å². The molecule has 1 amide bonds. The highest BCUT2D eigenvalue weighted by Crippen LogP contribution is 2.21. The lowest BCUT2D eigenvalue weighted by molar-refractivity contribution is -0.133. The average molecular weight is 342 g/mol. The first-order valence-corrected chi connectivity index (χ1v) is 9.10. The molecule has 0 bridgehead atoms. The first-order chi connectivity index (χ1) is 12.1. The Bertz CT molecular complexity index is 684. The summed E-state index contributed by atoms with van der Waals surface area (Å²) < 4.78 is 5.58. The van der Waals surface area contributed by atoms with E-state index in [0.29, 0.717) is 30.5 Å². The van der Waals surface area contributed by atoms with Crippen LogP contribution in [0.4, 0.5) is 0 Å². The molecular weight excluding hydrogens is 316 g/mol. The van der Waals surface area contributed by atoms with Crippen molar-refractivity contribution >= 4 is 5.91 Å². The molecule has 0 N–H and O–H groups in total. The van der Waals surface area contributed by atoms with E-state index >= 15 is 0 Å². The fourth-order valence-electron chi connectivity index (χ4n) is 3.28. The highest BCUT2D eigenvalue weighted by Gasteiger charge is 2.24. The van der Waals surface area contributed by atoms with Gasteiger partial charge in [0, 0.05) is 44.2 Å². The summed E-state index contributed by atoms with van der Waals surface area (Å²) in [4.78, 5) is 18.7. The van der Waals surface area contributed by atoms with Crippen LogP contribution in [0.3, 0.4) is 0 Å². The highest BCUT2D eigenvalue weighted by molar-refractivity contribution is 5.76. The number of likely N-dealkylation sites (tertiary alicyclic amines) is 1.